The number of hydrogen-bond donors (Lipinski definition) is 2. The highest BCUT2D eigenvalue weighted by atomic mass is 16.5. The number of amides is 4. The SMILES string of the molecule is O=C(Nc1cccc(CN2C(=O)CNC2=O)c1)c1cccc(CN2CCOCC2)c1. The minimum atomic E-state index is -0.397. The lowest BCUT2D eigenvalue weighted by Crippen LogP contribution is -2.35. The number of imide groups is 1. The summed E-state index contributed by atoms with van der Waals surface area (Å²) in [7, 11) is 0. The minimum absolute atomic E-state index is 0.0239. The van der Waals surface area contributed by atoms with E-state index in [0.29, 0.717) is 11.3 Å². The molecule has 8 heteroatoms. The van der Waals surface area contributed by atoms with Gasteiger partial charge in [-0.1, -0.05) is 24.3 Å². The Bertz CT molecular complexity index is 940. The lowest BCUT2D eigenvalue weighted by molar-refractivity contribution is -0.125. The van der Waals surface area contributed by atoms with Gasteiger partial charge in [-0.05, 0) is 35.4 Å². The molecule has 0 bridgehead atoms. The van der Waals surface area contributed by atoms with Crippen molar-refractivity contribution in [2.75, 3.05) is 38.2 Å². The van der Waals surface area contributed by atoms with Gasteiger partial charge in [-0.2, -0.15) is 0 Å². The summed E-state index contributed by atoms with van der Waals surface area (Å²) in [5.41, 5.74) is 3.04. The Morgan fingerprint density at radius 1 is 1.00 bits per heavy atom. The maximum atomic E-state index is 12.7. The van der Waals surface area contributed by atoms with Crippen molar-refractivity contribution in [1.29, 1.82) is 0 Å². The lowest BCUT2D eigenvalue weighted by atomic mass is 10.1. The molecule has 2 aliphatic rings. The Hall–Kier alpha value is -3.23. The zero-order valence-electron chi connectivity index (χ0n) is 16.6. The summed E-state index contributed by atoms with van der Waals surface area (Å²) in [5, 5.41) is 5.40. The lowest BCUT2D eigenvalue weighted by Gasteiger charge is -2.26. The Balaban J connectivity index is 1.40. The normalized spacial score (nSPS) is 17.1. The van der Waals surface area contributed by atoms with Crippen LogP contribution in [0.1, 0.15) is 21.5 Å². The number of nitrogens with one attached hydrogen (secondary N) is 2. The molecular weight excluding hydrogens is 384 g/mol. The van der Waals surface area contributed by atoms with E-state index in [0.717, 1.165) is 48.9 Å². The third kappa shape index (κ3) is 4.84. The van der Waals surface area contributed by atoms with Crippen LogP contribution in [-0.2, 0) is 22.6 Å². The van der Waals surface area contributed by atoms with Crippen LogP contribution < -0.4 is 10.6 Å². The molecule has 0 radical (unpaired) electrons. The Morgan fingerprint density at radius 2 is 1.73 bits per heavy atom. The van der Waals surface area contributed by atoms with Crippen molar-refractivity contribution in [3.05, 3.63) is 65.2 Å². The van der Waals surface area contributed by atoms with Gasteiger partial charge in [0.15, 0.2) is 0 Å². The van der Waals surface area contributed by atoms with Crippen molar-refractivity contribution in [2.45, 2.75) is 13.1 Å². The summed E-state index contributed by atoms with van der Waals surface area (Å²) in [4.78, 5) is 39.7. The molecule has 0 spiro atoms. The number of carbonyl (C=O) groups is 3. The van der Waals surface area contributed by atoms with E-state index in [1.165, 1.54) is 0 Å². The smallest absolute Gasteiger partial charge is 0.324 e. The molecule has 2 aliphatic heterocycles. The molecule has 4 amide bonds. The third-order valence-electron chi connectivity index (χ3n) is 5.16. The highest BCUT2D eigenvalue weighted by Gasteiger charge is 2.28. The van der Waals surface area contributed by atoms with Crippen LogP contribution in [0.2, 0.25) is 0 Å². The van der Waals surface area contributed by atoms with Crippen LogP contribution in [0.15, 0.2) is 48.5 Å². The first kappa shape index (κ1) is 20.1. The number of benzene rings is 2. The summed E-state index contributed by atoms with van der Waals surface area (Å²) < 4.78 is 5.38. The zero-order valence-corrected chi connectivity index (χ0v) is 16.6. The minimum Gasteiger partial charge on any atom is -0.379 e. The van der Waals surface area contributed by atoms with Crippen LogP contribution in [0.25, 0.3) is 0 Å². The first-order valence-corrected chi connectivity index (χ1v) is 9.96. The fourth-order valence-electron chi connectivity index (χ4n) is 3.58. The number of carbonyl (C=O) groups excluding carboxylic acids is 3. The predicted octanol–water partition coefficient (Wildman–Crippen LogP) is 1.82. The van der Waals surface area contributed by atoms with E-state index in [2.05, 4.69) is 15.5 Å². The number of rotatable bonds is 6. The monoisotopic (exact) mass is 408 g/mol. The number of urea groups is 1. The summed E-state index contributed by atoms with van der Waals surface area (Å²) in [6.45, 7) is 4.23. The quantitative estimate of drug-likeness (QED) is 0.712. The first-order valence-electron chi connectivity index (χ1n) is 9.96. The summed E-state index contributed by atoms with van der Waals surface area (Å²) in [6, 6.07) is 14.4. The van der Waals surface area contributed by atoms with Gasteiger partial charge in [-0.15, -0.1) is 0 Å². The van der Waals surface area contributed by atoms with Crippen molar-refractivity contribution in [2.24, 2.45) is 0 Å². The second kappa shape index (κ2) is 9.06. The summed E-state index contributed by atoms with van der Waals surface area (Å²) >= 11 is 0. The van der Waals surface area contributed by atoms with E-state index in [1.807, 2.05) is 24.3 Å². The van der Waals surface area contributed by atoms with Crippen LogP contribution in [0.5, 0.6) is 0 Å². The largest absolute Gasteiger partial charge is 0.379 e. The van der Waals surface area contributed by atoms with Crippen molar-refractivity contribution in [3.63, 3.8) is 0 Å². The Labute approximate surface area is 174 Å². The topological polar surface area (TPSA) is 91.0 Å². The van der Waals surface area contributed by atoms with Gasteiger partial charge in [0, 0.05) is 30.9 Å². The molecular formula is C22H24N4O4. The molecule has 2 aromatic rings. The van der Waals surface area contributed by atoms with E-state index in [1.54, 1.807) is 24.3 Å². The molecule has 2 aromatic carbocycles. The van der Waals surface area contributed by atoms with Gasteiger partial charge in [-0.25, -0.2) is 4.79 Å². The number of anilines is 1. The third-order valence-corrected chi connectivity index (χ3v) is 5.16. The van der Waals surface area contributed by atoms with E-state index in [-0.39, 0.29) is 24.9 Å². The molecule has 0 aliphatic carbocycles. The van der Waals surface area contributed by atoms with Gasteiger partial charge < -0.3 is 15.4 Å². The van der Waals surface area contributed by atoms with Crippen LogP contribution in [0.4, 0.5) is 10.5 Å². The van der Waals surface area contributed by atoms with Gasteiger partial charge in [0.1, 0.15) is 0 Å². The predicted molar refractivity (Wildman–Crippen MR) is 111 cm³/mol. The van der Waals surface area contributed by atoms with Gasteiger partial charge in [0.2, 0.25) is 5.91 Å². The molecule has 8 nitrogen and oxygen atoms in total. The van der Waals surface area contributed by atoms with E-state index >= 15 is 0 Å². The average molecular weight is 408 g/mol. The van der Waals surface area contributed by atoms with E-state index < -0.39 is 6.03 Å². The molecule has 4 rings (SSSR count). The van der Waals surface area contributed by atoms with E-state index in [4.69, 9.17) is 4.74 Å². The maximum absolute atomic E-state index is 12.7. The molecule has 0 saturated carbocycles. The van der Waals surface area contributed by atoms with Gasteiger partial charge in [0.05, 0.1) is 26.3 Å². The molecule has 2 fully saturated rings. The number of morpholine rings is 1. The molecule has 30 heavy (non-hydrogen) atoms. The van der Waals surface area contributed by atoms with Crippen molar-refractivity contribution >= 4 is 23.5 Å². The van der Waals surface area contributed by atoms with Gasteiger partial charge in [-0.3, -0.25) is 19.4 Å². The van der Waals surface area contributed by atoms with Crippen molar-refractivity contribution < 1.29 is 19.1 Å². The number of hydrogen-bond acceptors (Lipinski definition) is 5. The van der Waals surface area contributed by atoms with Gasteiger partial charge >= 0.3 is 6.03 Å². The Kier molecular flexibility index (Phi) is 6.06. The van der Waals surface area contributed by atoms with Crippen molar-refractivity contribution in [3.8, 4) is 0 Å². The summed E-state index contributed by atoms with van der Waals surface area (Å²) in [6.07, 6.45) is 0. The van der Waals surface area contributed by atoms with Crippen LogP contribution in [-0.4, -0.2) is 60.5 Å². The average Bonchev–Trinajstić information content (AvgIpc) is 3.07. The molecule has 0 atom stereocenters. The van der Waals surface area contributed by atoms with Crippen LogP contribution in [0, 0.1) is 0 Å². The molecule has 2 heterocycles. The fraction of sp³-hybridized carbons (Fsp3) is 0.318. The highest BCUT2D eigenvalue weighted by Crippen LogP contribution is 2.16. The second-order valence-electron chi connectivity index (χ2n) is 7.38. The maximum Gasteiger partial charge on any atom is 0.324 e. The summed E-state index contributed by atoms with van der Waals surface area (Å²) in [5.74, 6) is -0.461. The molecule has 2 N–H and O–H groups in total. The molecule has 0 unspecified atom stereocenters. The highest BCUT2D eigenvalue weighted by molar-refractivity contribution is 6.04. The second-order valence-corrected chi connectivity index (χ2v) is 7.38. The van der Waals surface area contributed by atoms with Crippen LogP contribution in [0.3, 0.4) is 0 Å². The number of nitrogens with zero attached hydrogens (tertiary/aromatic N) is 2. The van der Waals surface area contributed by atoms with Crippen LogP contribution >= 0.6 is 0 Å². The standard InChI is InChI=1S/C22H24N4O4/c27-20-13-23-22(29)26(20)15-17-4-2-6-19(12-17)24-21(28)18-5-1-3-16(11-18)14-25-7-9-30-10-8-25/h1-6,11-12H,7-10,13-15H2,(H,23,29)(H,24,28). The molecule has 156 valence electrons. The van der Waals surface area contributed by atoms with Crippen molar-refractivity contribution in [1.82, 2.24) is 15.1 Å². The molecule has 0 aromatic heterocycles. The Morgan fingerprint density at radius 3 is 2.47 bits per heavy atom. The van der Waals surface area contributed by atoms with Gasteiger partial charge in [0.25, 0.3) is 5.91 Å². The molecule has 2 saturated heterocycles. The first-order chi connectivity index (χ1) is 14.6. The van der Waals surface area contributed by atoms with E-state index in [9.17, 15) is 14.4 Å². The fourth-order valence-corrected chi connectivity index (χ4v) is 3.58. The number of ether oxygens (including phenoxy) is 1. The zero-order chi connectivity index (χ0) is 20.9.